The summed E-state index contributed by atoms with van der Waals surface area (Å²) < 4.78 is 13.6. The molecule has 0 aliphatic rings. The molecule has 0 aliphatic carbocycles. The molecular weight excluding hydrogens is 301 g/mol. The second-order valence-electron chi connectivity index (χ2n) is 3.61. The number of halogens is 2. The number of hydrogen-bond acceptors (Lipinski definition) is 4. The number of rotatable bonds is 2. The summed E-state index contributed by atoms with van der Waals surface area (Å²) in [6, 6.07) is 3.84. The Bertz CT molecular complexity index is 705. The SMILES string of the molecule is NCC#Cc1cnc(NC(=O)c2ccc(Cl)cc2F)s1. The topological polar surface area (TPSA) is 68.0 Å². The molecular formula is C13H9ClFN3OS. The molecule has 0 atom stereocenters. The molecule has 1 aromatic heterocycles. The van der Waals surface area contributed by atoms with E-state index in [1.54, 1.807) is 0 Å². The first-order chi connectivity index (χ1) is 9.60. The van der Waals surface area contributed by atoms with Crippen LogP contribution in [0.5, 0.6) is 0 Å². The van der Waals surface area contributed by atoms with Crippen LogP contribution in [0.1, 0.15) is 15.2 Å². The lowest BCUT2D eigenvalue weighted by Crippen LogP contribution is -2.13. The van der Waals surface area contributed by atoms with Gasteiger partial charge in [0.1, 0.15) is 5.82 Å². The van der Waals surface area contributed by atoms with Crippen molar-refractivity contribution in [1.82, 2.24) is 4.98 Å². The number of carbonyl (C=O) groups is 1. The van der Waals surface area contributed by atoms with Crippen LogP contribution in [0.4, 0.5) is 9.52 Å². The predicted octanol–water partition coefficient (Wildman–Crippen LogP) is 2.50. The number of nitrogens with one attached hydrogen (secondary N) is 1. The second kappa shape index (κ2) is 6.48. The van der Waals surface area contributed by atoms with Crippen LogP contribution < -0.4 is 11.1 Å². The van der Waals surface area contributed by atoms with E-state index in [1.807, 2.05) is 0 Å². The van der Waals surface area contributed by atoms with Gasteiger partial charge in [-0.25, -0.2) is 9.37 Å². The summed E-state index contributed by atoms with van der Waals surface area (Å²) in [6.45, 7) is 0.246. The van der Waals surface area contributed by atoms with E-state index < -0.39 is 11.7 Å². The Kier molecular flexibility index (Phi) is 4.69. The van der Waals surface area contributed by atoms with E-state index in [4.69, 9.17) is 17.3 Å². The van der Waals surface area contributed by atoms with Gasteiger partial charge in [-0.05, 0) is 18.2 Å². The Morgan fingerprint density at radius 3 is 3.05 bits per heavy atom. The van der Waals surface area contributed by atoms with Gasteiger partial charge < -0.3 is 5.73 Å². The monoisotopic (exact) mass is 309 g/mol. The largest absolute Gasteiger partial charge is 0.320 e. The molecule has 0 radical (unpaired) electrons. The Balaban J connectivity index is 2.13. The maximum Gasteiger partial charge on any atom is 0.260 e. The van der Waals surface area contributed by atoms with E-state index in [0.29, 0.717) is 10.0 Å². The summed E-state index contributed by atoms with van der Waals surface area (Å²) in [5.74, 6) is 4.20. The molecule has 3 N–H and O–H groups in total. The summed E-state index contributed by atoms with van der Waals surface area (Å²) in [6.07, 6.45) is 1.52. The van der Waals surface area contributed by atoms with Gasteiger partial charge in [0, 0.05) is 5.02 Å². The highest BCUT2D eigenvalue weighted by atomic mass is 35.5. The molecule has 1 amide bonds. The van der Waals surface area contributed by atoms with Gasteiger partial charge in [0.25, 0.3) is 5.91 Å². The molecule has 2 rings (SSSR count). The van der Waals surface area contributed by atoms with Crippen molar-refractivity contribution >= 4 is 34.0 Å². The van der Waals surface area contributed by atoms with Crippen molar-refractivity contribution in [1.29, 1.82) is 0 Å². The highest BCUT2D eigenvalue weighted by Gasteiger charge is 2.13. The molecule has 4 nitrogen and oxygen atoms in total. The van der Waals surface area contributed by atoms with Crippen LogP contribution in [-0.4, -0.2) is 17.4 Å². The second-order valence-corrected chi connectivity index (χ2v) is 5.08. The first-order valence-corrected chi connectivity index (χ1v) is 6.71. The Morgan fingerprint density at radius 2 is 2.35 bits per heavy atom. The standard InChI is InChI=1S/C13H9ClFN3OS/c14-8-3-4-10(11(15)6-8)12(19)18-13-17-7-9(20-13)2-1-5-16/h3-4,6-7H,5,16H2,(H,17,18,19). The first kappa shape index (κ1) is 14.5. The minimum atomic E-state index is -0.685. The van der Waals surface area contributed by atoms with Gasteiger partial charge in [0.2, 0.25) is 0 Å². The number of aromatic nitrogens is 1. The summed E-state index contributed by atoms with van der Waals surface area (Å²) in [5, 5.41) is 3.07. The van der Waals surface area contributed by atoms with E-state index in [0.717, 1.165) is 6.07 Å². The minimum Gasteiger partial charge on any atom is -0.320 e. The minimum absolute atomic E-state index is 0.0980. The lowest BCUT2D eigenvalue weighted by atomic mass is 10.2. The highest BCUT2D eigenvalue weighted by Crippen LogP contribution is 2.20. The van der Waals surface area contributed by atoms with Gasteiger partial charge in [-0.2, -0.15) is 0 Å². The molecule has 1 aromatic carbocycles. The average Bonchev–Trinajstić information content (AvgIpc) is 2.83. The van der Waals surface area contributed by atoms with Crippen molar-refractivity contribution in [3.05, 3.63) is 45.7 Å². The zero-order chi connectivity index (χ0) is 14.5. The molecule has 0 aliphatic heterocycles. The van der Waals surface area contributed by atoms with Crippen LogP contribution in [0.25, 0.3) is 0 Å². The molecule has 0 spiro atoms. The number of amides is 1. The molecule has 0 fully saturated rings. The quantitative estimate of drug-likeness (QED) is 0.838. The Labute approximate surface area is 123 Å². The Hall–Kier alpha value is -1.94. The van der Waals surface area contributed by atoms with Crippen LogP contribution in [0.15, 0.2) is 24.4 Å². The van der Waals surface area contributed by atoms with E-state index in [-0.39, 0.29) is 17.1 Å². The lowest BCUT2D eigenvalue weighted by molar-refractivity contribution is 0.102. The van der Waals surface area contributed by atoms with E-state index in [2.05, 4.69) is 22.1 Å². The summed E-state index contributed by atoms with van der Waals surface area (Å²) in [4.78, 5) is 16.5. The third-order valence-corrected chi connectivity index (χ3v) is 3.28. The van der Waals surface area contributed by atoms with Crippen molar-refractivity contribution in [2.45, 2.75) is 0 Å². The van der Waals surface area contributed by atoms with E-state index in [1.165, 1.54) is 29.7 Å². The number of benzene rings is 1. The lowest BCUT2D eigenvalue weighted by Gasteiger charge is -2.03. The van der Waals surface area contributed by atoms with Gasteiger partial charge in [0.05, 0.1) is 23.2 Å². The van der Waals surface area contributed by atoms with Crippen molar-refractivity contribution in [3.63, 3.8) is 0 Å². The van der Waals surface area contributed by atoms with E-state index in [9.17, 15) is 9.18 Å². The molecule has 0 bridgehead atoms. The fourth-order valence-electron chi connectivity index (χ4n) is 1.37. The highest BCUT2D eigenvalue weighted by molar-refractivity contribution is 7.16. The van der Waals surface area contributed by atoms with Gasteiger partial charge in [0.15, 0.2) is 5.13 Å². The molecule has 0 saturated heterocycles. The number of carbonyl (C=O) groups excluding carboxylic acids is 1. The molecule has 2 aromatic rings. The summed E-state index contributed by atoms with van der Waals surface area (Å²) in [7, 11) is 0. The molecule has 20 heavy (non-hydrogen) atoms. The number of nitrogens with zero attached hydrogens (tertiary/aromatic N) is 1. The summed E-state index contributed by atoms with van der Waals surface area (Å²) in [5.41, 5.74) is 5.16. The third kappa shape index (κ3) is 3.54. The van der Waals surface area contributed by atoms with Crippen molar-refractivity contribution in [3.8, 4) is 11.8 Å². The van der Waals surface area contributed by atoms with Crippen LogP contribution >= 0.6 is 22.9 Å². The van der Waals surface area contributed by atoms with Crippen LogP contribution in [0.2, 0.25) is 5.02 Å². The maximum absolute atomic E-state index is 13.6. The fourth-order valence-corrected chi connectivity index (χ4v) is 2.21. The molecule has 102 valence electrons. The zero-order valence-electron chi connectivity index (χ0n) is 10.1. The maximum atomic E-state index is 13.6. The molecule has 7 heteroatoms. The van der Waals surface area contributed by atoms with Crippen molar-refractivity contribution < 1.29 is 9.18 Å². The smallest absolute Gasteiger partial charge is 0.260 e. The van der Waals surface area contributed by atoms with Gasteiger partial charge >= 0.3 is 0 Å². The van der Waals surface area contributed by atoms with Gasteiger partial charge in [-0.1, -0.05) is 34.8 Å². The number of hydrogen-bond donors (Lipinski definition) is 2. The third-order valence-electron chi connectivity index (χ3n) is 2.22. The predicted molar refractivity (Wildman–Crippen MR) is 77.4 cm³/mol. The van der Waals surface area contributed by atoms with Crippen LogP contribution in [0, 0.1) is 17.7 Å². The molecule has 0 unspecified atom stereocenters. The molecule has 1 heterocycles. The number of anilines is 1. The number of thiazole rings is 1. The van der Waals surface area contributed by atoms with Crippen LogP contribution in [0.3, 0.4) is 0 Å². The molecule has 0 saturated carbocycles. The van der Waals surface area contributed by atoms with Gasteiger partial charge in [-0.3, -0.25) is 10.1 Å². The van der Waals surface area contributed by atoms with Crippen LogP contribution in [-0.2, 0) is 0 Å². The average molecular weight is 310 g/mol. The van der Waals surface area contributed by atoms with Gasteiger partial charge in [-0.15, -0.1) is 0 Å². The van der Waals surface area contributed by atoms with E-state index >= 15 is 0 Å². The first-order valence-electron chi connectivity index (χ1n) is 5.51. The fraction of sp³-hybridized carbons (Fsp3) is 0.0769. The van der Waals surface area contributed by atoms with Crippen molar-refractivity contribution in [2.24, 2.45) is 5.73 Å². The summed E-state index contributed by atoms with van der Waals surface area (Å²) >= 11 is 6.81. The zero-order valence-corrected chi connectivity index (χ0v) is 11.7. The van der Waals surface area contributed by atoms with Crippen molar-refractivity contribution in [2.75, 3.05) is 11.9 Å². The normalized spacial score (nSPS) is 9.75. The Morgan fingerprint density at radius 1 is 1.55 bits per heavy atom. The number of nitrogens with two attached hydrogens (primary N) is 1.